The van der Waals surface area contributed by atoms with Crippen LogP contribution in [0.25, 0.3) is 24.3 Å². The molecule has 0 heterocycles. The largest absolute Gasteiger partial charge is 0.493 e. The molecule has 0 fully saturated rings. The van der Waals surface area contributed by atoms with E-state index in [0.29, 0.717) is 0 Å². The van der Waals surface area contributed by atoms with Crippen LogP contribution in [0.4, 0.5) is 0 Å². The summed E-state index contributed by atoms with van der Waals surface area (Å²) in [4.78, 5) is 0. The summed E-state index contributed by atoms with van der Waals surface area (Å²) >= 11 is 0. The van der Waals surface area contributed by atoms with Crippen LogP contribution in [0.15, 0.2) is 24.3 Å². The Balaban J connectivity index is 1.85. The maximum Gasteiger partial charge on any atom is 0.127 e. The van der Waals surface area contributed by atoms with Gasteiger partial charge in [-0.25, -0.2) is 0 Å². The average molecular weight is 717 g/mol. The molecule has 0 saturated carbocycles. The fourth-order valence-electron chi connectivity index (χ4n) is 6.82. The minimum absolute atomic E-state index is 0.727. The normalized spacial score (nSPS) is 13.2. The predicted octanol–water partition coefficient (Wildman–Crippen LogP) is 15.3. The number of hydrogen-bond acceptors (Lipinski definition) is 4. The third-order valence-electron chi connectivity index (χ3n) is 10.2. The van der Waals surface area contributed by atoms with E-state index in [1.165, 1.54) is 128 Å². The van der Waals surface area contributed by atoms with Crippen LogP contribution in [0.2, 0.25) is 0 Å². The molecule has 2 aromatic carbocycles. The number of benzene rings is 2. The Morgan fingerprint density at radius 1 is 0.269 bits per heavy atom. The molecule has 292 valence electrons. The van der Waals surface area contributed by atoms with Crippen LogP contribution in [0.3, 0.4) is 0 Å². The van der Waals surface area contributed by atoms with Gasteiger partial charge in [0.2, 0.25) is 0 Å². The highest BCUT2D eigenvalue weighted by Crippen LogP contribution is 2.37. The van der Waals surface area contributed by atoms with Crippen molar-refractivity contribution < 1.29 is 18.9 Å². The number of ether oxygens (including phenoxy) is 4. The summed E-state index contributed by atoms with van der Waals surface area (Å²) in [6.07, 6.45) is 38.7. The van der Waals surface area contributed by atoms with Crippen molar-refractivity contribution in [3.8, 4) is 23.0 Å². The fourth-order valence-corrected chi connectivity index (χ4v) is 6.82. The van der Waals surface area contributed by atoms with Crippen molar-refractivity contribution in [1.82, 2.24) is 0 Å². The van der Waals surface area contributed by atoms with Gasteiger partial charge in [-0.3, -0.25) is 0 Å². The minimum Gasteiger partial charge on any atom is -0.493 e. The fraction of sp³-hybridized carbons (Fsp3) is 0.667. The predicted molar refractivity (Wildman–Crippen MR) is 226 cm³/mol. The lowest BCUT2D eigenvalue weighted by Gasteiger charge is -2.18. The molecule has 4 heteroatoms. The van der Waals surface area contributed by atoms with E-state index in [-0.39, 0.29) is 0 Å². The third-order valence-corrected chi connectivity index (χ3v) is 10.2. The van der Waals surface area contributed by atoms with Gasteiger partial charge in [0.1, 0.15) is 23.0 Å². The molecule has 0 N–H and O–H groups in total. The van der Waals surface area contributed by atoms with Gasteiger partial charge in [-0.05, 0) is 49.9 Å². The van der Waals surface area contributed by atoms with Crippen molar-refractivity contribution in [3.05, 3.63) is 46.5 Å². The van der Waals surface area contributed by atoms with Gasteiger partial charge < -0.3 is 18.9 Å². The number of rotatable bonds is 32. The second-order valence-electron chi connectivity index (χ2n) is 15.0. The molecule has 0 unspecified atom stereocenters. The first-order valence-corrected chi connectivity index (χ1v) is 21.9. The topological polar surface area (TPSA) is 36.9 Å². The molecule has 0 aliphatic heterocycles. The monoisotopic (exact) mass is 717 g/mol. The Hall–Kier alpha value is -2.88. The quantitative estimate of drug-likeness (QED) is 0.0603. The summed E-state index contributed by atoms with van der Waals surface area (Å²) in [6, 6.07) is 8.74. The molecule has 4 aliphatic rings. The van der Waals surface area contributed by atoms with Gasteiger partial charge in [-0.2, -0.15) is 0 Å². The van der Waals surface area contributed by atoms with Crippen LogP contribution >= 0.6 is 0 Å². The van der Waals surface area contributed by atoms with Crippen LogP contribution in [0.5, 0.6) is 23.0 Å². The van der Waals surface area contributed by atoms with Gasteiger partial charge in [0.25, 0.3) is 0 Å². The van der Waals surface area contributed by atoms with Gasteiger partial charge >= 0.3 is 0 Å². The summed E-state index contributed by atoms with van der Waals surface area (Å²) in [6.45, 7) is 12.0. The first-order valence-electron chi connectivity index (χ1n) is 21.9. The molecule has 0 atom stereocenters. The average Bonchev–Trinajstić information content (AvgIpc) is 3.15. The maximum atomic E-state index is 6.52. The summed E-state index contributed by atoms with van der Waals surface area (Å²) in [5, 5.41) is 0. The molecule has 0 radical (unpaired) electrons. The smallest absolute Gasteiger partial charge is 0.127 e. The van der Waals surface area contributed by atoms with Crippen molar-refractivity contribution in [2.75, 3.05) is 26.4 Å². The number of hydrogen-bond donors (Lipinski definition) is 0. The Bertz CT molecular complexity index is 1070. The number of unbranched alkanes of at least 4 members (excludes halogenated alkanes) is 20. The van der Waals surface area contributed by atoms with Crippen LogP contribution in [-0.4, -0.2) is 26.4 Å². The van der Waals surface area contributed by atoms with E-state index in [1.54, 1.807) is 0 Å². The lowest BCUT2D eigenvalue weighted by Crippen LogP contribution is -2.04. The van der Waals surface area contributed by atoms with Crippen molar-refractivity contribution in [1.29, 1.82) is 0 Å². The Labute approximate surface area is 320 Å². The molecular formula is C48H76O4. The van der Waals surface area contributed by atoms with Gasteiger partial charge in [0.15, 0.2) is 0 Å². The second kappa shape index (κ2) is 28.6. The first kappa shape index (κ1) is 43.5. The molecule has 2 aromatic rings. The van der Waals surface area contributed by atoms with Crippen molar-refractivity contribution >= 4 is 24.3 Å². The molecule has 4 nitrogen and oxygen atoms in total. The van der Waals surface area contributed by atoms with E-state index in [4.69, 9.17) is 18.9 Å². The minimum atomic E-state index is 0.727. The van der Waals surface area contributed by atoms with Gasteiger partial charge in [0.05, 0.1) is 26.4 Å². The van der Waals surface area contributed by atoms with E-state index < -0.39 is 0 Å². The summed E-state index contributed by atoms with van der Waals surface area (Å²) in [5.74, 6) is 3.67. The highest BCUT2D eigenvalue weighted by atomic mass is 16.5. The van der Waals surface area contributed by atoms with Gasteiger partial charge in [-0.1, -0.05) is 180 Å². The standard InChI is InChI=1S/C48H76O4/c1-5-9-13-17-21-25-33-49-45-37-42-31-32-44-40-47(51-35-27-23-19-15-11-7-3)43(39-48(44)52-36-28-24-20-16-12-8-4)30-29-41(45)38-46(42)50-34-26-22-18-14-10-6-2/h29-32,37-40H,5-28,33-36H2,1-4H3/b30-29-,32-31-,41-29?,42-31?,43-30?,44-32?. The van der Waals surface area contributed by atoms with E-state index >= 15 is 0 Å². The molecule has 4 bridgehead atoms. The third kappa shape index (κ3) is 17.8. The Morgan fingerprint density at radius 3 is 0.673 bits per heavy atom. The van der Waals surface area contributed by atoms with Gasteiger partial charge in [0, 0.05) is 22.3 Å². The Kier molecular flexibility index (Phi) is 23.9. The SMILES string of the molecule is CCCCCCCCOc1cc2c(OCCCCCCCC)cc1/C=C\c1cc(OCCCCCCCC)c(cc1OCCCCCCCC)/C=C\2. The highest BCUT2D eigenvalue weighted by Gasteiger charge is 2.15. The van der Waals surface area contributed by atoms with E-state index in [1.807, 2.05) is 0 Å². The molecule has 0 amide bonds. The highest BCUT2D eigenvalue weighted by molar-refractivity contribution is 5.84. The van der Waals surface area contributed by atoms with E-state index in [2.05, 4.69) is 76.3 Å². The van der Waals surface area contributed by atoms with E-state index in [0.717, 1.165) is 97.4 Å². The summed E-state index contributed by atoms with van der Waals surface area (Å²) in [7, 11) is 0. The molecule has 0 spiro atoms. The molecule has 6 rings (SSSR count). The van der Waals surface area contributed by atoms with Crippen molar-refractivity contribution in [2.45, 2.75) is 182 Å². The first-order chi connectivity index (χ1) is 25.7. The molecule has 0 aromatic heterocycles. The molecule has 52 heavy (non-hydrogen) atoms. The zero-order valence-electron chi connectivity index (χ0n) is 34.1. The molecule has 4 aliphatic carbocycles. The summed E-state index contributed by atoms with van der Waals surface area (Å²) in [5.41, 5.74) is 4.17. The summed E-state index contributed by atoms with van der Waals surface area (Å²) < 4.78 is 26.1. The van der Waals surface area contributed by atoms with Crippen LogP contribution in [0, 0.1) is 0 Å². The molecule has 0 saturated heterocycles. The lowest BCUT2D eigenvalue weighted by molar-refractivity contribution is 0.295. The zero-order valence-corrected chi connectivity index (χ0v) is 34.1. The second-order valence-corrected chi connectivity index (χ2v) is 15.0. The van der Waals surface area contributed by atoms with Crippen molar-refractivity contribution in [3.63, 3.8) is 0 Å². The van der Waals surface area contributed by atoms with Crippen molar-refractivity contribution in [2.24, 2.45) is 0 Å². The van der Waals surface area contributed by atoms with E-state index in [9.17, 15) is 0 Å². The van der Waals surface area contributed by atoms with Crippen LogP contribution in [0.1, 0.15) is 204 Å². The lowest BCUT2D eigenvalue weighted by atomic mass is 10.0. The van der Waals surface area contributed by atoms with Crippen LogP contribution < -0.4 is 18.9 Å². The zero-order chi connectivity index (χ0) is 36.9. The van der Waals surface area contributed by atoms with Crippen LogP contribution in [-0.2, 0) is 0 Å². The Morgan fingerprint density at radius 2 is 0.462 bits per heavy atom. The maximum absolute atomic E-state index is 6.52. The van der Waals surface area contributed by atoms with Gasteiger partial charge in [-0.15, -0.1) is 0 Å². The molecular weight excluding hydrogens is 641 g/mol.